The minimum absolute atomic E-state index is 0.312. The van der Waals surface area contributed by atoms with E-state index in [0.29, 0.717) is 5.92 Å². The lowest BCUT2D eigenvalue weighted by atomic mass is 10.2. The Kier molecular flexibility index (Phi) is 2.00. The Balaban J connectivity index is 2.17. The molecule has 0 saturated carbocycles. The zero-order valence-corrected chi connectivity index (χ0v) is 9.69. The minimum Gasteiger partial charge on any atom is -0.275 e. The molecule has 0 spiro atoms. The Morgan fingerprint density at radius 3 is 2.94 bits per heavy atom. The minimum atomic E-state index is 0.312. The number of hydrogen-bond donors (Lipinski definition) is 1. The first-order valence-electron chi connectivity index (χ1n) is 4.97. The standard InChI is InChI=1S/C9H10N6S/c1-5(2)7-12-13-9-15(7)14-8(16-9)6-3-4-10-11-6/h3-5H,1-2H3,(H,10,11). The van der Waals surface area contributed by atoms with E-state index in [-0.39, 0.29) is 0 Å². The topological polar surface area (TPSA) is 71.8 Å². The van der Waals surface area contributed by atoms with Crippen molar-refractivity contribution in [3.63, 3.8) is 0 Å². The number of hydrogen-bond acceptors (Lipinski definition) is 5. The fraction of sp³-hybridized carbons (Fsp3) is 0.333. The van der Waals surface area contributed by atoms with E-state index in [0.717, 1.165) is 21.5 Å². The molecule has 0 amide bonds. The molecule has 0 aromatic carbocycles. The van der Waals surface area contributed by atoms with Crippen LogP contribution in [0.3, 0.4) is 0 Å². The van der Waals surface area contributed by atoms with E-state index in [1.165, 1.54) is 11.3 Å². The smallest absolute Gasteiger partial charge is 0.235 e. The zero-order chi connectivity index (χ0) is 11.1. The second-order valence-corrected chi connectivity index (χ2v) is 4.74. The van der Waals surface area contributed by atoms with Gasteiger partial charge in [-0.2, -0.15) is 14.7 Å². The largest absolute Gasteiger partial charge is 0.275 e. The molecule has 0 fully saturated rings. The summed E-state index contributed by atoms with van der Waals surface area (Å²) in [5.41, 5.74) is 0.908. The maximum atomic E-state index is 4.48. The predicted octanol–water partition coefficient (Wildman–Crippen LogP) is 1.70. The van der Waals surface area contributed by atoms with Gasteiger partial charge in [0.1, 0.15) is 0 Å². The van der Waals surface area contributed by atoms with Crippen LogP contribution < -0.4 is 0 Å². The van der Waals surface area contributed by atoms with Crippen LogP contribution in [0.1, 0.15) is 25.6 Å². The summed E-state index contributed by atoms with van der Waals surface area (Å²) in [5.74, 6) is 1.20. The molecule has 16 heavy (non-hydrogen) atoms. The Bertz CT molecular complexity index is 605. The maximum Gasteiger partial charge on any atom is 0.235 e. The Morgan fingerprint density at radius 1 is 1.38 bits per heavy atom. The fourth-order valence-corrected chi connectivity index (χ4v) is 2.30. The molecule has 0 aliphatic heterocycles. The van der Waals surface area contributed by atoms with Crippen molar-refractivity contribution in [1.29, 1.82) is 0 Å². The molecule has 0 aliphatic rings. The lowest BCUT2D eigenvalue weighted by Crippen LogP contribution is -1.97. The summed E-state index contributed by atoms with van der Waals surface area (Å²) in [6.07, 6.45) is 1.71. The van der Waals surface area contributed by atoms with Crippen LogP contribution in [0.15, 0.2) is 12.3 Å². The lowest BCUT2D eigenvalue weighted by molar-refractivity contribution is 0.726. The van der Waals surface area contributed by atoms with Gasteiger partial charge in [0.05, 0.1) is 5.69 Å². The average molecular weight is 234 g/mol. The van der Waals surface area contributed by atoms with Crippen LogP contribution in [0.25, 0.3) is 15.7 Å². The SMILES string of the molecule is CC(C)c1nnc2sc(-c3ccn[nH]3)nn12. The third-order valence-corrected chi connectivity index (χ3v) is 3.19. The van der Waals surface area contributed by atoms with Gasteiger partial charge in [0.25, 0.3) is 0 Å². The average Bonchev–Trinajstić information content (AvgIpc) is 2.92. The van der Waals surface area contributed by atoms with Crippen LogP contribution in [0, 0.1) is 0 Å². The summed E-state index contributed by atoms with van der Waals surface area (Å²) in [6, 6.07) is 1.89. The Labute approximate surface area is 95.3 Å². The Hall–Kier alpha value is -1.76. The van der Waals surface area contributed by atoms with Crippen LogP contribution in [-0.2, 0) is 0 Å². The molecule has 1 N–H and O–H groups in total. The van der Waals surface area contributed by atoms with Crippen molar-refractivity contribution in [2.45, 2.75) is 19.8 Å². The quantitative estimate of drug-likeness (QED) is 0.732. The van der Waals surface area contributed by atoms with Gasteiger partial charge in [-0.25, -0.2) is 0 Å². The number of nitrogens with zero attached hydrogens (tertiary/aromatic N) is 5. The summed E-state index contributed by atoms with van der Waals surface area (Å²) in [5, 5.41) is 20.4. The van der Waals surface area contributed by atoms with Crippen molar-refractivity contribution < 1.29 is 0 Å². The van der Waals surface area contributed by atoms with Gasteiger partial charge in [-0.3, -0.25) is 5.10 Å². The van der Waals surface area contributed by atoms with Gasteiger partial charge < -0.3 is 0 Å². The first-order valence-corrected chi connectivity index (χ1v) is 5.79. The fourth-order valence-electron chi connectivity index (χ4n) is 1.48. The van der Waals surface area contributed by atoms with Crippen molar-refractivity contribution in [2.24, 2.45) is 0 Å². The van der Waals surface area contributed by atoms with Crippen LogP contribution in [-0.4, -0.2) is 30.0 Å². The van der Waals surface area contributed by atoms with E-state index in [2.05, 4.69) is 39.3 Å². The van der Waals surface area contributed by atoms with E-state index in [1.807, 2.05) is 6.07 Å². The number of rotatable bonds is 2. The summed E-state index contributed by atoms with van der Waals surface area (Å²) >= 11 is 1.50. The molecular formula is C9H10N6S. The highest BCUT2D eigenvalue weighted by molar-refractivity contribution is 7.19. The molecule has 0 atom stereocenters. The van der Waals surface area contributed by atoms with Gasteiger partial charge in [-0.05, 0) is 6.07 Å². The number of aromatic nitrogens is 6. The highest BCUT2D eigenvalue weighted by Crippen LogP contribution is 2.24. The van der Waals surface area contributed by atoms with Crippen molar-refractivity contribution in [1.82, 2.24) is 30.0 Å². The summed E-state index contributed by atoms with van der Waals surface area (Å²) in [7, 11) is 0. The molecule has 0 saturated heterocycles. The number of aromatic amines is 1. The monoisotopic (exact) mass is 234 g/mol. The first kappa shape index (κ1) is 9.46. The van der Waals surface area contributed by atoms with E-state index >= 15 is 0 Å². The second-order valence-electron chi connectivity index (χ2n) is 3.78. The van der Waals surface area contributed by atoms with Gasteiger partial charge in [0.15, 0.2) is 10.8 Å². The third-order valence-electron chi connectivity index (χ3n) is 2.26. The number of H-pyrrole nitrogens is 1. The lowest BCUT2D eigenvalue weighted by Gasteiger charge is -1.97. The van der Waals surface area contributed by atoms with Crippen molar-refractivity contribution >= 4 is 16.3 Å². The highest BCUT2D eigenvalue weighted by atomic mass is 32.1. The number of nitrogens with one attached hydrogen (secondary N) is 1. The van der Waals surface area contributed by atoms with Crippen molar-refractivity contribution in [3.05, 3.63) is 18.1 Å². The molecule has 82 valence electrons. The molecule has 0 aliphatic carbocycles. The Morgan fingerprint density at radius 2 is 2.25 bits per heavy atom. The molecule has 0 bridgehead atoms. The molecule has 3 heterocycles. The molecule has 3 aromatic rings. The van der Waals surface area contributed by atoms with Gasteiger partial charge >= 0.3 is 0 Å². The van der Waals surface area contributed by atoms with Gasteiger partial charge in [-0.15, -0.1) is 10.2 Å². The molecule has 3 aromatic heterocycles. The first-order chi connectivity index (χ1) is 7.75. The van der Waals surface area contributed by atoms with E-state index in [1.54, 1.807) is 10.7 Å². The van der Waals surface area contributed by atoms with Crippen LogP contribution >= 0.6 is 11.3 Å². The summed E-state index contributed by atoms with van der Waals surface area (Å²) in [6.45, 7) is 4.15. The molecule has 0 unspecified atom stereocenters. The summed E-state index contributed by atoms with van der Waals surface area (Å²) < 4.78 is 1.80. The normalized spacial score (nSPS) is 11.7. The predicted molar refractivity (Wildman–Crippen MR) is 60.3 cm³/mol. The molecular weight excluding hydrogens is 224 g/mol. The van der Waals surface area contributed by atoms with E-state index < -0.39 is 0 Å². The van der Waals surface area contributed by atoms with Crippen LogP contribution in [0.5, 0.6) is 0 Å². The highest BCUT2D eigenvalue weighted by Gasteiger charge is 2.15. The van der Waals surface area contributed by atoms with Crippen LogP contribution in [0.2, 0.25) is 0 Å². The molecule has 6 nitrogen and oxygen atoms in total. The second kappa shape index (κ2) is 3.38. The molecule has 7 heteroatoms. The molecule has 0 radical (unpaired) electrons. The van der Waals surface area contributed by atoms with Gasteiger partial charge in [0, 0.05) is 12.1 Å². The molecule has 3 rings (SSSR count). The van der Waals surface area contributed by atoms with Gasteiger partial charge in [0.2, 0.25) is 4.96 Å². The van der Waals surface area contributed by atoms with E-state index in [4.69, 9.17) is 0 Å². The maximum absolute atomic E-state index is 4.48. The van der Waals surface area contributed by atoms with Crippen molar-refractivity contribution in [3.8, 4) is 10.7 Å². The zero-order valence-electron chi connectivity index (χ0n) is 8.88. The third kappa shape index (κ3) is 1.32. The summed E-state index contributed by atoms with van der Waals surface area (Å²) in [4.78, 5) is 0.813. The van der Waals surface area contributed by atoms with E-state index in [9.17, 15) is 0 Å². The van der Waals surface area contributed by atoms with Gasteiger partial charge in [-0.1, -0.05) is 25.2 Å². The van der Waals surface area contributed by atoms with Crippen molar-refractivity contribution in [2.75, 3.05) is 0 Å². The number of fused-ring (bicyclic) bond motifs is 1. The van der Waals surface area contributed by atoms with Crippen LogP contribution in [0.4, 0.5) is 0 Å².